The first-order valence-electron chi connectivity index (χ1n) is 9.99. The molecule has 0 radical (unpaired) electrons. The maximum Gasteiger partial charge on any atom is 0.257 e. The quantitative estimate of drug-likeness (QED) is 0.673. The lowest BCUT2D eigenvalue weighted by atomic mass is 9.90. The van der Waals surface area contributed by atoms with Gasteiger partial charge in [0.2, 0.25) is 0 Å². The molecule has 0 spiro atoms. The summed E-state index contributed by atoms with van der Waals surface area (Å²) in [6.45, 7) is 1.88. The summed E-state index contributed by atoms with van der Waals surface area (Å²) in [5.74, 6) is -0.136. The van der Waals surface area contributed by atoms with E-state index in [4.69, 9.17) is 0 Å². The predicted molar refractivity (Wildman–Crippen MR) is 114 cm³/mol. The maximum atomic E-state index is 13.8. The van der Waals surface area contributed by atoms with Gasteiger partial charge in [-0.25, -0.2) is 4.39 Å². The number of anilines is 2. The van der Waals surface area contributed by atoms with E-state index < -0.39 is 5.82 Å². The number of aromatic nitrogens is 1. The van der Waals surface area contributed by atoms with E-state index in [2.05, 4.69) is 45.5 Å². The molecule has 4 nitrogen and oxygen atoms in total. The number of para-hydroxylation sites is 1. The first-order chi connectivity index (χ1) is 14.2. The first-order valence-corrected chi connectivity index (χ1v) is 9.99. The number of carbonyl (C=O) groups excluding carboxylic acids is 1. The first kappa shape index (κ1) is 19.1. The molecular weight excluding hydrogens is 365 g/mol. The fraction of sp³-hybridized carbons (Fsp3) is 0.250. The Balaban J connectivity index is 1.38. The van der Waals surface area contributed by atoms with E-state index in [9.17, 15) is 9.18 Å². The lowest BCUT2D eigenvalue weighted by Gasteiger charge is -2.33. The molecule has 1 saturated heterocycles. The average molecular weight is 389 g/mol. The van der Waals surface area contributed by atoms with Gasteiger partial charge in [0.05, 0.1) is 23.1 Å². The highest BCUT2D eigenvalue weighted by atomic mass is 19.1. The van der Waals surface area contributed by atoms with Gasteiger partial charge in [-0.3, -0.25) is 9.78 Å². The van der Waals surface area contributed by atoms with E-state index in [1.807, 2.05) is 6.07 Å². The molecule has 1 amide bonds. The highest BCUT2D eigenvalue weighted by molar-refractivity contribution is 6.04. The lowest BCUT2D eigenvalue weighted by molar-refractivity contribution is 0.102. The minimum absolute atomic E-state index is 0.171. The van der Waals surface area contributed by atoms with Gasteiger partial charge in [-0.05, 0) is 48.9 Å². The van der Waals surface area contributed by atoms with Crippen molar-refractivity contribution in [1.82, 2.24) is 4.98 Å². The number of benzene rings is 2. The zero-order valence-electron chi connectivity index (χ0n) is 16.2. The molecular formula is C24H24FN3O. The number of nitrogens with zero attached hydrogens (tertiary/aromatic N) is 2. The van der Waals surface area contributed by atoms with Gasteiger partial charge >= 0.3 is 0 Å². The molecule has 2 heterocycles. The summed E-state index contributed by atoms with van der Waals surface area (Å²) >= 11 is 0. The number of halogens is 1. The van der Waals surface area contributed by atoms with Crippen LogP contribution in [0, 0.1) is 11.7 Å². The third-order valence-corrected chi connectivity index (χ3v) is 5.45. The molecule has 1 aromatic heterocycles. The van der Waals surface area contributed by atoms with E-state index in [1.54, 1.807) is 24.4 Å². The summed E-state index contributed by atoms with van der Waals surface area (Å²) < 4.78 is 13.8. The number of rotatable bonds is 5. The van der Waals surface area contributed by atoms with Crippen LogP contribution in [-0.2, 0) is 6.42 Å². The zero-order valence-corrected chi connectivity index (χ0v) is 16.2. The van der Waals surface area contributed by atoms with Crippen LogP contribution < -0.4 is 10.2 Å². The molecule has 0 aliphatic carbocycles. The number of hydrogen-bond acceptors (Lipinski definition) is 3. The van der Waals surface area contributed by atoms with Gasteiger partial charge in [-0.1, -0.05) is 42.5 Å². The highest BCUT2D eigenvalue weighted by Gasteiger charge is 2.21. The Kier molecular flexibility index (Phi) is 5.84. The molecule has 5 heteroatoms. The van der Waals surface area contributed by atoms with E-state index in [0.29, 0.717) is 11.5 Å². The van der Waals surface area contributed by atoms with Crippen molar-refractivity contribution in [3.05, 3.63) is 90.0 Å². The maximum absolute atomic E-state index is 13.8. The number of amides is 1. The molecule has 148 valence electrons. The van der Waals surface area contributed by atoms with Crippen LogP contribution in [0.3, 0.4) is 0 Å². The minimum Gasteiger partial charge on any atom is -0.370 e. The van der Waals surface area contributed by atoms with Crippen LogP contribution in [0.25, 0.3) is 0 Å². The number of nitrogens with one attached hydrogen (secondary N) is 1. The summed E-state index contributed by atoms with van der Waals surface area (Å²) in [7, 11) is 0. The van der Waals surface area contributed by atoms with Crippen molar-refractivity contribution in [3.8, 4) is 0 Å². The van der Waals surface area contributed by atoms with Crippen molar-refractivity contribution in [3.63, 3.8) is 0 Å². The van der Waals surface area contributed by atoms with E-state index >= 15 is 0 Å². The largest absolute Gasteiger partial charge is 0.370 e. The summed E-state index contributed by atoms with van der Waals surface area (Å²) in [4.78, 5) is 19.0. The van der Waals surface area contributed by atoms with Crippen molar-refractivity contribution in [2.75, 3.05) is 23.3 Å². The van der Waals surface area contributed by atoms with Crippen LogP contribution in [0.4, 0.5) is 15.8 Å². The molecule has 2 aromatic carbocycles. The zero-order chi connectivity index (χ0) is 20.1. The summed E-state index contributed by atoms with van der Waals surface area (Å²) in [5.41, 5.74) is 2.92. The van der Waals surface area contributed by atoms with Gasteiger partial charge in [0.25, 0.3) is 5.91 Å². The third-order valence-electron chi connectivity index (χ3n) is 5.45. The molecule has 0 atom stereocenters. The molecule has 1 aliphatic heterocycles. The summed E-state index contributed by atoms with van der Waals surface area (Å²) in [5, 5.41) is 2.62. The topological polar surface area (TPSA) is 45.2 Å². The average Bonchev–Trinajstić information content (AvgIpc) is 2.77. The molecule has 0 saturated carbocycles. The van der Waals surface area contributed by atoms with Gasteiger partial charge in [-0.2, -0.15) is 0 Å². The summed E-state index contributed by atoms with van der Waals surface area (Å²) in [6, 6.07) is 18.6. The predicted octanol–water partition coefficient (Wildman–Crippen LogP) is 4.93. The molecule has 3 aromatic rings. The van der Waals surface area contributed by atoms with Gasteiger partial charge < -0.3 is 10.2 Å². The standard InChI is InChI=1S/C24H24FN3O/c25-22-8-4-5-9-23(22)27-24(29)20-15-21(17-26-16-20)28-12-10-19(11-13-28)14-18-6-2-1-3-7-18/h1-9,15-17,19H,10-14H2,(H,27,29). The van der Waals surface area contributed by atoms with Gasteiger partial charge in [0.15, 0.2) is 0 Å². The van der Waals surface area contributed by atoms with Crippen LogP contribution in [0.15, 0.2) is 73.1 Å². The Morgan fingerprint density at radius 1 is 1.03 bits per heavy atom. The van der Waals surface area contributed by atoms with Crippen LogP contribution in [0.2, 0.25) is 0 Å². The molecule has 1 N–H and O–H groups in total. The normalized spacial score (nSPS) is 14.6. The second-order valence-corrected chi connectivity index (χ2v) is 7.49. The van der Waals surface area contributed by atoms with E-state index in [0.717, 1.165) is 38.0 Å². The Hall–Kier alpha value is -3.21. The van der Waals surface area contributed by atoms with Crippen LogP contribution in [0.5, 0.6) is 0 Å². The number of pyridine rings is 1. The van der Waals surface area contributed by atoms with Gasteiger partial charge in [0.1, 0.15) is 5.82 Å². The molecule has 29 heavy (non-hydrogen) atoms. The second kappa shape index (κ2) is 8.86. The SMILES string of the molecule is O=C(Nc1ccccc1F)c1cncc(N2CCC(Cc3ccccc3)CC2)c1. The van der Waals surface area contributed by atoms with Crippen molar-refractivity contribution in [2.45, 2.75) is 19.3 Å². The number of hydrogen-bond donors (Lipinski definition) is 1. The molecule has 0 unspecified atom stereocenters. The van der Waals surface area contributed by atoms with Crippen LogP contribution in [0.1, 0.15) is 28.8 Å². The fourth-order valence-corrected chi connectivity index (χ4v) is 3.82. The Bertz CT molecular complexity index is 969. The molecule has 4 rings (SSSR count). The third kappa shape index (κ3) is 4.80. The molecule has 1 fully saturated rings. The van der Waals surface area contributed by atoms with Gasteiger partial charge in [0, 0.05) is 19.3 Å². The Labute approximate surface area is 170 Å². The highest BCUT2D eigenvalue weighted by Crippen LogP contribution is 2.26. The monoisotopic (exact) mass is 389 g/mol. The fourth-order valence-electron chi connectivity index (χ4n) is 3.82. The molecule has 0 bridgehead atoms. The smallest absolute Gasteiger partial charge is 0.257 e. The van der Waals surface area contributed by atoms with Gasteiger partial charge in [-0.15, -0.1) is 0 Å². The van der Waals surface area contributed by atoms with E-state index in [1.165, 1.54) is 17.8 Å². The second-order valence-electron chi connectivity index (χ2n) is 7.49. The van der Waals surface area contributed by atoms with Crippen LogP contribution in [-0.4, -0.2) is 24.0 Å². The van der Waals surface area contributed by atoms with Crippen LogP contribution >= 0.6 is 0 Å². The Morgan fingerprint density at radius 3 is 2.52 bits per heavy atom. The molecule has 1 aliphatic rings. The van der Waals surface area contributed by atoms with E-state index in [-0.39, 0.29) is 11.6 Å². The summed E-state index contributed by atoms with van der Waals surface area (Å²) in [6.07, 6.45) is 6.64. The van der Waals surface area contributed by atoms with Crippen molar-refractivity contribution >= 4 is 17.3 Å². The lowest BCUT2D eigenvalue weighted by Crippen LogP contribution is -2.34. The Morgan fingerprint density at radius 2 is 1.76 bits per heavy atom. The van der Waals surface area contributed by atoms with Crippen molar-refractivity contribution in [1.29, 1.82) is 0 Å². The van der Waals surface area contributed by atoms with Crippen molar-refractivity contribution < 1.29 is 9.18 Å². The van der Waals surface area contributed by atoms with Crippen molar-refractivity contribution in [2.24, 2.45) is 5.92 Å². The number of carbonyl (C=O) groups is 1. The minimum atomic E-state index is -0.453. The number of piperidine rings is 1.